The molecule has 2 aliphatic carbocycles. The molecule has 0 bridgehead atoms. The Bertz CT molecular complexity index is 1080. The van der Waals surface area contributed by atoms with Gasteiger partial charge in [-0.05, 0) is 72.8 Å². The van der Waals surface area contributed by atoms with Crippen molar-refractivity contribution < 1.29 is 13.2 Å². The smallest absolute Gasteiger partial charge is 0.295 e. The van der Waals surface area contributed by atoms with E-state index in [-0.39, 0.29) is 6.42 Å². The van der Waals surface area contributed by atoms with Crippen LogP contribution in [0.5, 0.6) is 0 Å². The number of hydrogen-bond donors (Lipinski definition) is 0. The van der Waals surface area contributed by atoms with Crippen LogP contribution in [0.2, 0.25) is 0 Å². The maximum Gasteiger partial charge on any atom is 0.397 e. The van der Waals surface area contributed by atoms with Gasteiger partial charge in [-0.25, -0.2) is 0 Å². The van der Waals surface area contributed by atoms with Gasteiger partial charge < -0.3 is 0 Å². The first-order valence-electron chi connectivity index (χ1n) is 12.9. The van der Waals surface area contributed by atoms with Crippen molar-refractivity contribution in [3.63, 3.8) is 0 Å². The summed E-state index contributed by atoms with van der Waals surface area (Å²) < 4.78 is 39.9. The number of alkyl halides is 3. The van der Waals surface area contributed by atoms with Gasteiger partial charge in [-0.1, -0.05) is 86.6 Å². The lowest BCUT2D eigenvalue weighted by Crippen LogP contribution is -2.34. The number of benzene rings is 1. The summed E-state index contributed by atoms with van der Waals surface area (Å²) in [5.41, 5.74) is 7.28. The molecule has 4 heteroatoms. The van der Waals surface area contributed by atoms with Gasteiger partial charge in [-0.3, -0.25) is 4.90 Å². The zero-order valence-electron chi connectivity index (χ0n) is 21.3. The molecule has 0 saturated carbocycles. The number of nitrogens with zero attached hydrogens (tertiary/aromatic N) is 1. The second-order valence-electron chi connectivity index (χ2n) is 10.9. The van der Waals surface area contributed by atoms with Gasteiger partial charge in [0.1, 0.15) is 0 Å². The van der Waals surface area contributed by atoms with Gasteiger partial charge in [0.25, 0.3) is 0 Å². The molecule has 1 heterocycles. The van der Waals surface area contributed by atoms with Gasteiger partial charge in [0.2, 0.25) is 0 Å². The molecule has 0 fully saturated rings. The summed E-state index contributed by atoms with van der Waals surface area (Å²) >= 11 is 0. The highest BCUT2D eigenvalue weighted by molar-refractivity contribution is 5.50. The molecule has 35 heavy (non-hydrogen) atoms. The summed E-state index contributed by atoms with van der Waals surface area (Å²) in [6.07, 6.45) is 10.0. The van der Waals surface area contributed by atoms with Crippen molar-refractivity contribution in [3.05, 3.63) is 94.1 Å². The highest BCUT2D eigenvalue weighted by atomic mass is 19.4. The van der Waals surface area contributed by atoms with E-state index in [9.17, 15) is 13.2 Å². The molecule has 2 unspecified atom stereocenters. The number of rotatable bonds is 8. The van der Waals surface area contributed by atoms with E-state index in [1.54, 1.807) is 12.2 Å². The Kier molecular flexibility index (Phi) is 7.61. The van der Waals surface area contributed by atoms with Crippen LogP contribution in [0.1, 0.15) is 75.5 Å². The van der Waals surface area contributed by atoms with Crippen LogP contribution in [-0.2, 0) is 13.0 Å². The molecule has 188 valence electrons. The van der Waals surface area contributed by atoms with Crippen LogP contribution in [0, 0.1) is 5.41 Å². The number of hydrogen-bond acceptors (Lipinski definition) is 1. The molecule has 0 aromatic heterocycles. The maximum atomic E-state index is 13.3. The third kappa shape index (κ3) is 5.91. The first kappa shape index (κ1) is 25.8. The minimum atomic E-state index is -4.22. The van der Waals surface area contributed by atoms with Crippen LogP contribution >= 0.6 is 0 Å². The summed E-state index contributed by atoms with van der Waals surface area (Å²) in [6, 6.07) is 6.99. The highest BCUT2D eigenvalue weighted by Gasteiger charge is 2.49. The van der Waals surface area contributed by atoms with E-state index < -0.39 is 11.6 Å². The van der Waals surface area contributed by atoms with Crippen LogP contribution in [0.15, 0.2) is 77.5 Å². The molecular formula is C31H38F3N. The SMILES string of the molecule is C=C(CCC)CCc1ccc2c(c1)C(C)CN(CC1=CC=C(C3=CCC(C)(C(F)(F)F)C=C3)C1)C2. The first-order chi connectivity index (χ1) is 16.6. The summed E-state index contributed by atoms with van der Waals surface area (Å²) in [5, 5.41) is 0. The Morgan fingerprint density at radius 1 is 1.20 bits per heavy atom. The Hall–Kier alpha value is -2.33. The molecule has 0 amide bonds. The molecule has 1 aromatic rings. The monoisotopic (exact) mass is 481 g/mol. The molecule has 1 nitrogen and oxygen atoms in total. The molecular weight excluding hydrogens is 443 g/mol. The van der Waals surface area contributed by atoms with Crippen LogP contribution in [0.3, 0.4) is 0 Å². The quantitative estimate of drug-likeness (QED) is 0.336. The Morgan fingerprint density at radius 3 is 2.69 bits per heavy atom. The van der Waals surface area contributed by atoms with Crippen molar-refractivity contribution in [1.82, 2.24) is 4.90 Å². The number of allylic oxidation sites excluding steroid dienone is 8. The van der Waals surface area contributed by atoms with E-state index in [0.717, 1.165) is 62.9 Å². The van der Waals surface area contributed by atoms with Gasteiger partial charge in [0.05, 0.1) is 5.41 Å². The Labute approximate surface area is 208 Å². The third-order valence-corrected chi connectivity index (χ3v) is 7.80. The topological polar surface area (TPSA) is 3.24 Å². The fourth-order valence-electron chi connectivity index (χ4n) is 5.47. The van der Waals surface area contributed by atoms with E-state index in [1.165, 1.54) is 40.8 Å². The highest BCUT2D eigenvalue weighted by Crippen LogP contribution is 2.45. The normalized spacial score (nSPS) is 24.6. The minimum absolute atomic E-state index is 0.00410. The molecule has 0 saturated heterocycles. The van der Waals surface area contributed by atoms with Gasteiger partial charge in [0, 0.05) is 19.6 Å². The van der Waals surface area contributed by atoms with Crippen molar-refractivity contribution in [2.75, 3.05) is 13.1 Å². The second kappa shape index (κ2) is 10.3. The summed E-state index contributed by atoms with van der Waals surface area (Å²) in [7, 11) is 0. The van der Waals surface area contributed by atoms with Crippen LogP contribution in [-0.4, -0.2) is 24.2 Å². The Morgan fingerprint density at radius 2 is 2.00 bits per heavy atom. The van der Waals surface area contributed by atoms with Crippen LogP contribution < -0.4 is 0 Å². The summed E-state index contributed by atoms with van der Waals surface area (Å²) in [6.45, 7) is 12.9. The van der Waals surface area contributed by atoms with E-state index in [4.69, 9.17) is 0 Å². The lowest BCUT2D eigenvalue weighted by atomic mass is 9.80. The largest absolute Gasteiger partial charge is 0.397 e. The molecule has 0 radical (unpaired) electrons. The molecule has 2 atom stereocenters. The standard InChI is InChI=1S/C31H38F3N/c1-5-6-22(2)7-8-24-9-12-28-21-35(19-23(3)29(28)18-24)20-25-10-11-27(17-25)26-13-15-30(4,16-14-26)31(32,33)34/h9-15,18,23H,2,5-8,16-17,19-21H2,1,3-4H3. The minimum Gasteiger partial charge on any atom is -0.295 e. The fourth-order valence-corrected chi connectivity index (χ4v) is 5.47. The number of halogens is 3. The van der Waals surface area contributed by atoms with Crippen LogP contribution in [0.4, 0.5) is 13.2 Å². The molecule has 0 spiro atoms. The molecule has 3 aliphatic rings. The van der Waals surface area contributed by atoms with Gasteiger partial charge in [0.15, 0.2) is 0 Å². The van der Waals surface area contributed by atoms with E-state index in [0.29, 0.717) is 5.92 Å². The van der Waals surface area contributed by atoms with Crippen molar-refractivity contribution in [1.29, 1.82) is 0 Å². The van der Waals surface area contributed by atoms with Gasteiger partial charge in [-0.15, -0.1) is 0 Å². The van der Waals surface area contributed by atoms with E-state index in [2.05, 4.69) is 55.7 Å². The molecule has 0 N–H and O–H groups in total. The summed E-state index contributed by atoms with van der Waals surface area (Å²) in [5.74, 6) is 0.482. The summed E-state index contributed by atoms with van der Waals surface area (Å²) in [4.78, 5) is 2.50. The van der Waals surface area contributed by atoms with E-state index >= 15 is 0 Å². The Balaban J connectivity index is 1.31. The zero-order chi connectivity index (χ0) is 25.2. The van der Waals surface area contributed by atoms with Crippen molar-refractivity contribution in [3.8, 4) is 0 Å². The van der Waals surface area contributed by atoms with Crippen LogP contribution in [0.25, 0.3) is 0 Å². The van der Waals surface area contributed by atoms with Gasteiger partial charge in [-0.2, -0.15) is 13.2 Å². The van der Waals surface area contributed by atoms with Crippen molar-refractivity contribution in [2.45, 2.75) is 77.9 Å². The number of fused-ring (bicyclic) bond motifs is 1. The van der Waals surface area contributed by atoms with E-state index in [1.807, 2.05) is 0 Å². The maximum absolute atomic E-state index is 13.3. The predicted molar refractivity (Wildman–Crippen MR) is 139 cm³/mol. The third-order valence-electron chi connectivity index (χ3n) is 7.80. The lowest BCUT2D eigenvalue weighted by Gasteiger charge is -2.34. The zero-order valence-corrected chi connectivity index (χ0v) is 21.3. The van der Waals surface area contributed by atoms with Crippen molar-refractivity contribution >= 4 is 0 Å². The average Bonchev–Trinajstić information content (AvgIpc) is 3.26. The predicted octanol–water partition coefficient (Wildman–Crippen LogP) is 8.61. The first-order valence-corrected chi connectivity index (χ1v) is 12.9. The lowest BCUT2D eigenvalue weighted by molar-refractivity contribution is -0.199. The molecule has 1 aromatic carbocycles. The van der Waals surface area contributed by atoms with Crippen molar-refractivity contribution in [2.24, 2.45) is 5.41 Å². The second-order valence-corrected chi connectivity index (χ2v) is 10.9. The molecule has 1 aliphatic heterocycles. The fraction of sp³-hybridized carbons (Fsp3) is 0.484. The van der Waals surface area contributed by atoms with Gasteiger partial charge >= 0.3 is 6.18 Å². The number of aryl methyl sites for hydroxylation is 1. The molecule has 4 rings (SSSR count). The average molecular weight is 482 g/mol.